The Bertz CT molecular complexity index is 1290. The second-order valence-corrected chi connectivity index (χ2v) is 12.0. The summed E-state index contributed by atoms with van der Waals surface area (Å²) in [6.45, 7) is 4.54. The van der Waals surface area contributed by atoms with Gasteiger partial charge in [0.2, 0.25) is 5.91 Å². The number of nitrogens with zero attached hydrogens (tertiary/aromatic N) is 1. The molecule has 0 bridgehead atoms. The topological polar surface area (TPSA) is 137 Å². The summed E-state index contributed by atoms with van der Waals surface area (Å²) >= 11 is 0. The molecule has 0 saturated carbocycles. The highest BCUT2D eigenvalue weighted by Gasteiger charge is 2.37. The Morgan fingerprint density at radius 3 is 1.83 bits per heavy atom. The number of amidine groups is 1. The summed E-state index contributed by atoms with van der Waals surface area (Å²) in [5.74, 6) is -1.42. The molecule has 0 unspecified atom stereocenters. The summed E-state index contributed by atoms with van der Waals surface area (Å²) in [5.41, 5.74) is 8.92. The van der Waals surface area contributed by atoms with Gasteiger partial charge < -0.3 is 20.5 Å². The number of esters is 1. The number of carbonyl (C=O) groups excluding carboxylic acids is 4. The molecule has 1 aliphatic heterocycles. The van der Waals surface area contributed by atoms with Gasteiger partial charge in [-0.15, -0.1) is 0 Å². The molecule has 3 rings (SSSR count). The summed E-state index contributed by atoms with van der Waals surface area (Å²) in [5, 5.41) is 2.71. The van der Waals surface area contributed by atoms with E-state index in [2.05, 4.69) is 17.2 Å². The molecule has 0 aromatic heterocycles. The van der Waals surface area contributed by atoms with E-state index in [1.807, 2.05) is 24.3 Å². The third-order valence-corrected chi connectivity index (χ3v) is 8.36. The Labute approximate surface area is 273 Å². The summed E-state index contributed by atoms with van der Waals surface area (Å²) in [6.07, 6.45) is 14.5. The number of ketones is 1. The van der Waals surface area contributed by atoms with Gasteiger partial charge in [-0.3, -0.25) is 14.4 Å². The third kappa shape index (κ3) is 12.4. The van der Waals surface area contributed by atoms with Gasteiger partial charge in [-0.2, -0.15) is 4.99 Å². The fourth-order valence-corrected chi connectivity index (χ4v) is 5.67. The van der Waals surface area contributed by atoms with E-state index in [9.17, 15) is 19.2 Å². The van der Waals surface area contributed by atoms with Crippen molar-refractivity contribution in [3.8, 4) is 11.1 Å². The fraction of sp³-hybridized carbons (Fsp3) is 0.541. The van der Waals surface area contributed by atoms with Crippen LogP contribution in [0.3, 0.4) is 0 Å². The number of Topliss-reactive ketones (excluding diaryl/α,β-unsaturated/α-hetero) is 1. The predicted octanol–water partition coefficient (Wildman–Crippen LogP) is 7.54. The fourth-order valence-electron chi connectivity index (χ4n) is 5.67. The molecule has 46 heavy (non-hydrogen) atoms. The van der Waals surface area contributed by atoms with E-state index >= 15 is 0 Å². The maximum absolute atomic E-state index is 13.0. The molecular formula is C37H51N3O6. The summed E-state index contributed by atoms with van der Waals surface area (Å²) in [6, 6.07) is 13.7. The number of nitrogens with two attached hydrogens (primary N) is 1. The number of hydrogen-bond donors (Lipinski definition) is 2. The van der Waals surface area contributed by atoms with Crippen LogP contribution in [0.5, 0.6) is 0 Å². The zero-order chi connectivity index (χ0) is 33.1. The Morgan fingerprint density at radius 2 is 1.28 bits per heavy atom. The van der Waals surface area contributed by atoms with Crippen LogP contribution in [0.2, 0.25) is 0 Å². The molecular weight excluding hydrogens is 582 g/mol. The predicted molar refractivity (Wildman–Crippen MR) is 181 cm³/mol. The van der Waals surface area contributed by atoms with Crippen LogP contribution in [0.4, 0.5) is 4.79 Å². The molecule has 2 aromatic rings. The molecule has 0 aliphatic carbocycles. The SMILES string of the molecule is CCCCCCCCCCCCCCOC(=O)N=C(N)c1ccc(-c2ccc(C(=O)[C@@H]3C[C@@H](CC(=O)OCC)C(=O)N3)cc2)cc1. The molecule has 0 spiro atoms. The maximum atomic E-state index is 13.0. The van der Waals surface area contributed by atoms with E-state index in [-0.39, 0.29) is 37.0 Å². The minimum absolute atomic E-state index is 0.0335. The summed E-state index contributed by atoms with van der Waals surface area (Å²) in [7, 11) is 0. The van der Waals surface area contributed by atoms with E-state index in [4.69, 9.17) is 15.2 Å². The van der Waals surface area contributed by atoms with Crippen LogP contribution in [-0.4, -0.2) is 48.8 Å². The minimum Gasteiger partial charge on any atom is -0.466 e. The number of rotatable bonds is 20. The number of aliphatic imine (C=N–C) groups is 1. The van der Waals surface area contributed by atoms with E-state index in [0.717, 1.165) is 30.4 Å². The van der Waals surface area contributed by atoms with Crippen LogP contribution in [-0.2, 0) is 19.1 Å². The highest BCUT2D eigenvalue weighted by atomic mass is 16.5. The van der Waals surface area contributed by atoms with Crippen LogP contribution >= 0.6 is 0 Å². The first-order valence-electron chi connectivity index (χ1n) is 17.0. The van der Waals surface area contributed by atoms with Crippen molar-refractivity contribution in [3.63, 3.8) is 0 Å². The van der Waals surface area contributed by atoms with Crippen LogP contribution in [0.1, 0.15) is 120 Å². The number of ether oxygens (including phenoxy) is 2. The lowest BCUT2D eigenvalue weighted by molar-refractivity contribution is -0.145. The summed E-state index contributed by atoms with van der Waals surface area (Å²) < 4.78 is 10.2. The molecule has 3 N–H and O–H groups in total. The third-order valence-electron chi connectivity index (χ3n) is 8.36. The van der Waals surface area contributed by atoms with Crippen molar-refractivity contribution in [2.45, 2.75) is 110 Å². The van der Waals surface area contributed by atoms with Crippen LogP contribution in [0, 0.1) is 5.92 Å². The van der Waals surface area contributed by atoms with E-state index in [1.165, 1.54) is 57.8 Å². The normalized spacial score (nSPS) is 16.2. The Hall–Kier alpha value is -4.01. The van der Waals surface area contributed by atoms with Gasteiger partial charge in [-0.25, -0.2) is 4.79 Å². The first-order chi connectivity index (χ1) is 22.3. The minimum atomic E-state index is -0.685. The van der Waals surface area contributed by atoms with Crippen molar-refractivity contribution >= 4 is 29.6 Å². The van der Waals surface area contributed by atoms with Gasteiger partial charge in [0.1, 0.15) is 5.84 Å². The van der Waals surface area contributed by atoms with Gasteiger partial charge in [0.05, 0.1) is 31.6 Å². The standard InChI is InChI=1S/C37H51N3O6/c1-3-5-6-7-8-9-10-11-12-13-14-15-24-46-37(44)40-35(38)30-22-18-28(19-23-30)27-16-20-29(21-17-27)34(42)32-25-31(36(43)39-32)26-33(41)45-4-2/h16-23,31-32H,3-15,24-26H2,1-2H3,(H,39,43)(H2,38,40,44)/t31-,32-/m0/s1. The van der Waals surface area contributed by atoms with Crippen molar-refractivity contribution in [3.05, 3.63) is 59.7 Å². The number of carbonyl (C=O) groups is 4. The zero-order valence-corrected chi connectivity index (χ0v) is 27.6. The second kappa shape index (κ2) is 20.2. The molecule has 2 atom stereocenters. The molecule has 9 heteroatoms. The molecule has 250 valence electrons. The zero-order valence-electron chi connectivity index (χ0n) is 27.6. The van der Waals surface area contributed by atoms with E-state index in [0.29, 0.717) is 17.7 Å². The lowest BCUT2D eigenvalue weighted by Gasteiger charge is -2.10. The van der Waals surface area contributed by atoms with Gasteiger partial charge in [0.25, 0.3) is 0 Å². The number of hydrogen-bond acceptors (Lipinski definition) is 6. The number of unbranched alkanes of at least 4 members (excludes halogenated alkanes) is 11. The lowest BCUT2D eigenvalue weighted by atomic mass is 9.95. The molecule has 1 heterocycles. The Kier molecular flexibility index (Phi) is 16.0. The molecule has 1 aliphatic rings. The second-order valence-electron chi connectivity index (χ2n) is 12.0. The average Bonchev–Trinajstić information content (AvgIpc) is 3.42. The van der Waals surface area contributed by atoms with Crippen molar-refractivity contribution in [1.29, 1.82) is 0 Å². The van der Waals surface area contributed by atoms with Gasteiger partial charge in [-0.05, 0) is 30.9 Å². The molecule has 1 fully saturated rings. The molecule has 1 saturated heterocycles. The maximum Gasteiger partial charge on any atom is 0.435 e. The average molecular weight is 634 g/mol. The molecule has 2 aromatic carbocycles. The summed E-state index contributed by atoms with van der Waals surface area (Å²) in [4.78, 5) is 53.1. The first kappa shape index (κ1) is 36.5. The van der Waals surface area contributed by atoms with E-state index in [1.54, 1.807) is 31.2 Å². The van der Waals surface area contributed by atoms with Crippen molar-refractivity contribution < 1.29 is 28.7 Å². The molecule has 2 amide bonds. The van der Waals surface area contributed by atoms with Crippen molar-refractivity contribution in [2.75, 3.05) is 13.2 Å². The van der Waals surface area contributed by atoms with Gasteiger partial charge in [0.15, 0.2) is 5.78 Å². The highest BCUT2D eigenvalue weighted by Crippen LogP contribution is 2.25. The number of nitrogens with one attached hydrogen (secondary N) is 1. The smallest absolute Gasteiger partial charge is 0.435 e. The largest absolute Gasteiger partial charge is 0.466 e. The van der Waals surface area contributed by atoms with Crippen LogP contribution < -0.4 is 11.1 Å². The van der Waals surface area contributed by atoms with Crippen LogP contribution in [0.25, 0.3) is 11.1 Å². The lowest BCUT2D eigenvalue weighted by Crippen LogP contribution is -2.33. The van der Waals surface area contributed by atoms with Gasteiger partial charge >= 0.3 is 12.1 Å². The van der Waals surface area contributed by atoms with Gasteiger partial charge in [-0.1, -0.05) is 126 Å². The molecule has 9 nitrogen and oxygen atoms in total. The first-order valence-corrected chi connectivity index (χ1v) is 17.0. The Morgan fingerprint density at radius 1 is 0.761 bits per heavy atom. The van der Waals surface area contributed by atoms with Crippen molar-refractivity contribution in [1.82, 2.24) is 5.32 Å². The van der Waals surface area contributed by atoms with Crippen molar-refractivity contribution in [2.24, 2.45) is 16.6 Å². The quantitative estimate of drug-likeness (QED) is 0.0505. The van der Waals surface area contributed by atoms with E-state index < -0.39 is 24.0 Å². The highest BCUT2D eigenvalue weighted by molar-refractivity contribution is 6.05. The van der Waals surface area contributed by atoms with Crippen LogP contribution in [0.15, 0.2) is 53.5 Å². The van der Waals surface area contributed by atoms with Gasteiger partial charge in [0, 0.05) is 11.1 Å². The number of amides is 2. The number of benzene rings is 2. The monoisotopic (exact) mass is 633 g/mol. The Balaban J connectivity index is 1.37. The molecule has 0 radical (unpaired) electrons.